The Hall–Kier alpha value is -0.940. The van der Waals surface area contributed by atoms with Gasteiger partial charge >= 0.3 is 5.97 Å². The molecule has 0 aromatic carbocycles. The first-order chi connectivity index (χ1) is 16.1. The van der Waals surface area contributed by atoms with Crippen molar-refractivity contribution in [3.63, 3.8) is 0 Å². The fourth-order valence-corrected chi connectivity index (χ4v) is 10.3. The Bertz CT molecular complexity index is 861. The quantitative estimate of drug-likeness (QED) is 0.469. The maximum atomic E-state index is 14.1. The van der Waals surface area contributed by atoms with Crippen molar-refractivity contribution < 1.29 is 23.8 Å². The fourth-order valence-electron chi connectivity index (χ4n) is 10.3. The lowest BCUT2D eigenvalue weighted by Gasteiger charge is -2.60. The summed E-state index contributed by atoms with van der Waals surface area (Å²) in [4.78, 5) is 25.7. The number of Topliss-reactive ketones (excluding diaryl/α,β-unsaturated/α-hetero) is 1. The molecule has 0 N–H and O–H groups in total. The maximum Gasteiger partial charge on any atom is 0.302 e. The number of carbonyl (C=O) groups is 2. The molecule has 4 saturated carbocycles. The molecule has 12 atom stereocenters. The minimum absolute atomic E-state index is 0.0613. The molecule has 0 amide bonds. The lowest BCUT2D eigenvalue weighted by molar-refractivity contribution is -0.272. The molecule has 0 aromatic rings. The Labute approximate surface area is 205 Å². The van der Waals surface area contributed by atoms with E-state index >= 15 is 0 Å². The summed E-state index contributed by atoms with van der Waals surface area (Å²) in [5.74, 6) is 3.07. The number of ether oxygens (including phenoxy) is 3. The minimum atomic E-state index is -0.467. The maximum absolute atomic E-state index is 14.1. The van der Waals surface area contributed by atoms with E-state index in [1.54, 1.807) is 0 Å². The van der Waals surface area contributed by atoms with Crippen molar-refractivity contribution in [3.05, 3.63) is 0 Å². The monoisotopic (exact) mass is 472 g/mol. The number of carbonyl (C=O) groups excluding carboxylic acids is 2. The molecular weight excluding hydrogens is 428 g/mol. The molecule has 2 heterocycles. The Kier molecular flexibility index (Phi) is 5.37. The van der Waals surface area contributed by atoms with E-state index in [-0.39, 0.29) is 40.8 Å². The molecule has 4 aliphatic carbocycles. The smallest absolute Gasteiger partial charge is 0.302 e. The summed E-state index contributed by atoms with van der Waals surface area (Å²) in [6.45, 7) is 11.6. The molecule has 5 heteroatoms. The average Bonchev–Trinajstić information content (AvgIpc) is 3.23. The van der Waals surface area contributed by atoms with Crippen LogP contribution in [0.25, 0.3) is 0 Å². The minimum Gasteiger partial charge on any atom is -0.463 e. The van der Waals surface area contributed by atoms with Gasteiger partial charge in [-0.15, -0.1) is 0 Å². The van der Waals surface area contributed by atoms with Crippen LogP contribution in [0.1, 0.15) is 92.4 Å². The van der Waals surface area contributed by atoms with Gasteiger partial charge in [0.2, 0.25) is 0 Å². The van der Waals surface area contributed by atoms with Gasteiger partial charge in [0, 0.05) is 37.0 Å². The lowest BCUT2D eigenvalue weighted by Crippen LogP contribution is -2.58. The number of fused-ring (bicyclic) bond motifs is 7. The van der Waals surface area contributed by atoms with Crippen LogP contribution in [0.3, 0.4) is 0 Å². The van der Waals surface area contributed by atoms with Gasteiger partial charge in [-0.3, -0.25) is 9.59 Å². The highest BCUT2D eigenvalue weighted by atomic mass is 16.7. The van der Waals surface area contributed by atoms with Crippen molar-refractivity contribution in [2.75, 3.05) is 6.61 Å². The first-order valence-electron chi connectivity index (χ1n) is 14.1. The highest BCUT2D eigenvalue weighted by Crippen LogP contribution is 2.70. The van der Waals surface area contributed by atoms with E-state index in [0.717, 1.165) is 51.6 Å². The molecule has 6 rings (SSSR count). The fraction of sp³-hybridized carbons (Fsp3) is 0.931. The summed E-state index contributed by atoms with van der Waals surface area (Å²) in [5, 5.41) is 0. The van der Waals surface area contributed by atoms with Gasteiger partial charge in [0.15, 0.2) is 5.79 Å². The van der Waals surface area contributed by atoms with Crippen LogP contribution in [0.5, 0.6) is 0 Å². The van der Waals surface area contributed by atoms with Crippen molar-refractivity contribution in [2.24, 2.45) is 52.3 Å². The molecule has 6 aliphatic rings. The van der Waals surface area contributed by atoms with Gasteiger partial charge in [0.25, 0.3) is 0 Å². The first-order valence-corrected chi connectivity index (χ1v) is 14.1. The van der Waals surface area contributed by atoms with Crippen molar-refractivity contribution in [2.45, 2.75) is 110 Å². The number of ketones is 1. The van der Waals surface area contributed by atoms with Crippen molar-refractivity contribution in [1.29, 1.82) is 0 Å². The van der Waals surface area contributed by atoms with Gasteiger partial charge in [-0.2, -0.15) is 0 Å². The van der Waals surface area contributed by atoms with Gasteiger partial charge in [-0.1, -0.05) is 27.7 Å². The van der Waals surface area contributed by atoms with Crippen LogP contribution in [0.15, 0.2) is 0 Å². The Balaban J connectivity index is 1.25. The molecule has 0 unspecified atom stereocenters. The predicted molar refractivity (Wildman–Crippen MR) is 128 cm³/mol. The zero-order valence-corrected chi connectivity index (χ0v) is 21.8. The van der Waals surface area contributed by atoms with Gasteiger partial charge in [-0.05, 0) is 80.0 Å². The number of esters is 1. The van der Waals surface area contributed by atoms with Gasteiger partial charge in [0.05, 0.1) is 12.7 Å². The zero-order chi connectivity index (χ0) is 24.0. The molecule has 190 valence electrons. The Morgan fingerprint density at radius 1 is 1.03 bits per heavy atom. The van der Waals surface area contributed by atoms with Crippen LogP contribution in [-0.2, 0) is 23.8 Å². The van der Waals surface area contributed by atoms with Gasteiger partial charge < -0.3 is 14.2 Å². The van der Waals surface area contributed by atoms with Crippen molar-refractivity contribution in [1.82, 2.24) is 0 Å². The second-order valence-corrected chi connectivity index (χ2v) is 13.5. The van der Waals surface area contributed by atoms with E-state index in [2.05, 4.69) is 27.7 Å². The second kappa shape index (κ2) is 7.78. The van der Waals surface area contributed by atoms with E-state index in [4.69, 9.17) is 14.2 Å². The third-order valence-electron chi connectivity index (χ3n) is 12.1. The first kappa shape index (κ1) is 23.5. The summed E-state index contributed by atoms with van der Waals surface area (Å²) in [7, 11) is 0. The Morgan fingerprint density at radius 3 is 2.53 bits per heavy atom. The van der Waals surface area contributed by atoms with E-state index < -0.39 is 5.79 Å². The van der Waals surface area contributed by atoms with E-state index in [9.17, 15) is 9.59 Å². The van der Waals surface area contributed by atoms with Crippen molar-refractivity contribution >= 4 is 11.8 Å². The van der Waals surface area contributed by atoms with Crippen LogP contribution in [0, 0.1) is 52.3 Å². The van der Waals surface area contributed by atoms with Crippen molar-refractivity contribution in [3.8, 4) is 0 Å². The number of hydrogen-bond acceptors (Lipinski definition) is 5. The highest BCUT2D eigenvalue weighted by Gasteiger charge is 2.71. The lowest BCUT2D eigenvalue weighted by atomic mass is 9.44. The third-order valence-corrected chi connectivity index (χ3v) is 12.1. The van der Waals surface area contributed by atoms with Gasteiger partial charge in [0.1, 0.15) is 11.9 Å². The number of rotatable bonds is 1. The molecule has 5 nitrogen and oxygen atoms in total. The molecule has 2 aliphatic heterocycles. The van der Waals surface area contributed by atoms with E-state index in [1.807, 2.05) is 0 Å². The molecule has 2 saturated heterocycles. The summed E-state index contributed by atoms with van der Waals surface area (Å²) in [6, 6.07) is 0. The van der Waals surface area contributed by atoms with Crippen LogP contribution in [-0.4, -0.2) is 36.4 Å². The zero-order valence-electron chi connectivity index (χ0n) is 21.8. The largest absolute Gasteiger partial charge is 0.463 e. The number of hydrogen-bond donors (Lipinski definition) is 0. The molecule has 0 aromatic heterocycles. The van der Waals surface area contributed by atoms with Crippen LogP contribution in [0.4, 0.5) is 0 Å². The highest BCUT2D eigenvalue weighted by molar-refractivity contribution is 5.87. The van der Waals surface area contributed by atoms with Crippen LogP contribution in [0.2, 0.25) is 0 Å². The third kappa shape index (κ3) is 3.11. The van der Waals surface area contributed by atoms with Gasteiger partial charge in [-0.25, -0.2) is 0 Å². The molecule has 0 bridgehead atoms. The predicted octanol–water partition coefficient (Wildman–Crippen LogP) is 5.54. The molecule has 34 heavy (non-hydrogen) atoms. The van der Waals surface area contributed by atoms with Crippen LogP contribution >= 0.6 is 0 Å². The summed E-state index contributed by atoms with van der Waals surface area (Å²) in [5.41, 5.74) is -0.0934. The summed E-state index contributed by atoms with van der Waals surface area (Å²) in [6.07, 6.45) is 9.47. The summed E-state index contributed by atoms with van der Waals surface area (Å²) >= 11 is 0. The average molecular weight is 473 g/mol. The standard InChI is InChI=1S/C29H44O5/c1-16-8-11-29(32-15-16)17(2)26-24(34-29)13-23-21-7-6-19-12-20(33-18(3)30)9-10-27(19,4)22(21)14-25(31)28(23,26)5/h16-17,19-24,26H,6-15H2,1-5H3/t16-,17+,19-,20-,21-,22-,23+,24-,26+,27-,28-,29+/m1/s1. The van der Waals surface area contributed by atoms with Crippen LogP contribution < -0.4 is 0 Å². The Morgan fingerprint density at radius 2 is 1.82 bits per heavy atom. The second-order valence-electron chi connectivity index (χ2n) is 13.5. The normalized spacial score (nSPS) is 56.4. The molecule has 0 radical (unpaired) electrons. The van der Waals surface area contributed by atoms with E-state index in [0.29, 0.717) is 35.4 Å². The topological polar surface area (TPSA) is 61.8 Å². The summed E-state index contributed by atoms with van der Waals surface area (Å²) < 4.78 is 18.8. The SMILES string of the molecule is CC(=O)O[C@@H]1CC[C@]2(C)[C@H](CC[C@@H]3[C@H]2CC(=O)[C@]2(C)[C@@H]4[C@@H](C[C@@H]32)O[C@@]2(CC[C@@H](C)CO2)[C@H]4C)C1. The molecule has 6 fully saturated rings. The molecule has 1 spiro atoms. The van der Waals surface area contributed by atoms with E-state index in [1.165, 1.54) is 19.8 Å². The molecular formula is C29H44O5.